The van der Waals surface area contributed by atoms with Crippen LogP contribution in [0.2, 0.25) is 0 Å². The summed E-state index contributed by atoms with van der Waals surface area (Å²) in [6, 6.07) is 9.16. The third-order valence-corrected chi connectivity index (χ3v) is 2.98. The number of nitrogens with two attached hydrogens (primary N) is 1. The summed E-state index contributed by atoms with van der Waals surface area (Å²) >= 11 is 0. The van der Waals surface area contributed by atoms with Crippen molar-refractivity contribution in [3.63, 3.8) is 0 Å². The lowest BCUT2D eigenvalue weighted by molar-refractivity contribution is 0.511. The molecular formula is C14H24N2. The number of nitrogens with one attached hydrogen (secondary N) is 1. The maximum atomic E-state index is 5.50. The van der Waals surface area contributed by atoms with Crippen LogP contribution in [0.5, 0.6) is 0 Å². The summed E-state index contributed by atoms with van der Waals surface area (Å²) in [5.74, 6) is 0. The minimum absolute atomic E-state index is 0.543. The van der Waals surface area contributed by atoms with Gasteiger partial charge in [-0.2, -0.15) is 0 Å². The molecule has 0 aliphatic heterocycles. The highest BCUT2D eigenvalue weighted by atomic mass is 14.9. The number of hydrogen-bond acceptors (Lipinski definition) is 2. The van der Waals surface area contributed by atoms with E-state index in [1.807, 2.05) is 0 Å². The van der Waals surface area contributed by atoms with Crippen LogP contribution in [0.4, 0.5) is 0 Å². The number of rotatable bonds is 7. The summed E-state index contributed by atoms with van der Waals surface area (Å²) in [7, 11) is 0. The number of hydrogen-bond donors (Lipinski definition) is 2. The lowest BCUT2D eigenvalue weighted by Crippen LogP contribution is -2.29. The van der Waals surface area contributed by atoms with Crippen LogP contribution in [0.1, 0.15) is 30.9 Å². The van der Waals surface area contributed by atoms with Gasteiger partial charge in [-0.05, 0) is 57.3 Å². The van der Waals surface area contributed by atoms with Crippen molar-refractivity contribution in [3.05, 3.63) is 35.4 Å². The molecule has 0 fully saturated rings. The van der Waals surface area contributed by atoms with Crippen LogP contribution < -0.4 is 11.1 Å². The molecule has 1 atom stereocenters. The Balaban J connectivity index is 2.19. The second-order valence-corrected chi connectivity index (χ2v) is 4.46. The summed E-state index contributed by atoms with van der Waals surface area (Å²) in [6.45, 7) is 6.22. The molecule has 0 amide bonds. The lowest BCUT2D eigenvalue weighted by Gasteiger charge is -2.12. The maximum Gasteiger partial charge on any atom is 0.00507 e. The molecule has 0 radical (unpaired) electrons. The normalized spacial score (nSPS) is 12.7. The molecule has 1 unspecified atom stereocenters. The largest absolute Gasteiger partial charge is 0.330 e. The predicted octanol–water partition coefficient (Wildman–Crippen LogP) is 2.25. The van der Waals surface area contributed by atoms with E-state index >= 15 is 0 Å². The van der Waals surface area contributed by atoms with Gasteiger partial charge in [0.1, 0.15) is 0 Å². The first kappa shape index (κ1) is 13.2. The van der Waals surface area contributed by atoms with Crippen LogP contribution in [-0.2, 0) is 6.42 Å². The molecule has 0 bridgehead atoms. The van der Waals surface area contributed by atoms with Crippen LogP contribution in [0.15, 0.2) is 24.3 Å². The second-order valence-electron chi connectivity index (χ2n) is 4.46. The van der Waals surface area contributed by atoms with Crippen LogP contribution in [-0.4, -0.2) is 19.1 Å². The van der Waals surface area contributed by atoms with Crippen LogP contribution >= 0.6 is 0 Å². The van der Waals surface area contributed by atoms with E-state index in [-0.39, 0.29) is 0 Å². The molecule has 2 nitrogen and oxygen atoms in total. The molecule has 0 aromatic heterocycles. The third-order valence-electron chi connectivity index (χ3n) is 2.98. The molecule has 1 rings (SSSR count). The van der Waals surface area contributed by atoms with Gasteiger partial charge in [-0.25, -0.2) is 0 Å². The van der Waals surface area contributed by atoms with E-state index in [0.717, 1.165) is 25.9 Å². The molecule has 16 heavy (non-hydrogen) atoms. The van der Waals surface area contributed by atoms with Crippen LogP contribution in [0.25, 0.3) is 0 Å². The average Bonchev–Trinajstić information content (AvgIpc) is 2.27. The topological polar surface area (TPSA) is 38.0 Å². The van der Waals surface area contributed by atoms with E-state index < -0.39 is 0 Å². The molecule has 0 saturated carbocycles. The number of benzene rings is 1. The van der Waals surface area contributed by atoms with E-state index in [0.29, 0.717) is 6.04 Å². The first-order chi connectivity index (χ1) is 7.74. The summed E-state index contributed by atoms with van der Waals surface area (Å²) < 4.78 is 0. The van der Waals surface area contributed by atoms with Gasteiger partial charge in [-0.15, -0.1) is 0 Å². The van der Waals surface area contributed by atoms with Crippen LogP contribution in [0, 0.1) is 6.92 Å². The van der Waals surface area contributed by atoms with E-state index in [1.54, 1.807) is 0 Å². The highest BCUT2D eigenvalue weighted by Gasteiger charge is 2.00. The van der Waals surface area contributed by atoms with Gasteiger partial charge >= 0.3 is 0 Å². The van der Waals surface area contributed by atoms with Crippen LogP contribution in [0.3, 0.4) is 0 Å². The molecule has 0 heterocycles. The van der Waals surface area contributed by atoms with Crippen molar-refractivity contribution in [3.8, 4) is 0 Å². The second kappa shape index (κ2) is 7.42. The van der Waals surface area contributed by atoms with Gasteiger partial charge in [0.15, 0.2) is 0 Å². The predicted molar refractivity (Wildman–Crippen MR) is 70.6 cm³/mol. The van der Waals surface area contributed by atoms with Gasteiger partial charge < -0.3 is 11.1 Å². The zero-order valence-corrected chi connectivity index (χ0v) is 10.5. The van der Waals surface area contributed by atoms with E-state index in [9.17, 15) is 0 Å². The standard InChI is InChI=1S/C14H24N2/c1-12-6-3-4-7-14(12)8-5-11-16-13(2)9-10-15/h3-4,6-7,13,16H,5,8-11,15H2,1-2H3. The number of aryl methyl sites for hydroxylation is 2. The SMILES string of the molecule is Cc1ccccc1CCCNC(C)CCN. The summed E-state index contributed by atoms with van der Waals surface area (Å²) in [5.41, 5.74) is 8.37. The first-order valence-corrected chi connectivity index (χ1v) is 6.22. The maximum absolute atomic E-state index is 5.50. The molecule has 0 aliphatic rings. The molecular weight excluding hydrogens is 196 g/mol. The fourth-order valence-electron chi connectivity index (χ4n) is 1.87. The van der Waals surface area contributed by atoms with Crippen molar-refractivity contribution in [2.45, 2.75) is 39.2 Å². The average molecular weight is 220 g/mol. The molecule has 2 heteroatoms. The lowest BCUT2D eigenvalue weighted by atomic mass is 10.0. The van der Waals surface area contributed by atoms with Crippen molar-refractivity contribution in [2.24, 2.45) is 5.73 Å². The molecule has 0 aliphatic carbocycles. The van der Waals surface area contributed by atoms with Gasteiger partial charge in [0.2, 0.25) is 0 Å². The van der Waals surface area contributed by atoms with Gasteiger partial charge in [-0.3, -0.25) is 0 Å². The monoisotopic (exact) mass is 220 g/mol. The van der Waals surface area contributed by atoms with E-state index in [4.69, 9.17) is 5.73 Å². The van der Waals surface area contributed by atoms with E-state index in [1.165, 1.54) is 17.5 Å². The van der Waals surface area contributed by atoms with Crippen molar-refractivity contribution in [1.29, 1.82) is 0 Å². The molecule has 0 saturated heterocycles. The highest BCUT2D eigenvalue weighted by molar-refractivity contribution is 5.25. The fourth-order valence-corrected chi connectivity index (χ4v) is 1.87. The minimum Gasteiger partial charge on any atom is -0.330 e. The summed E-state index contributed by atoms with van der Waals surface area (Å²) in [4.78, 5) is 0. The Hall–Kier alpha value is -0.860. The van der Waals surface area contributed by atoms with Gasteiger partial charge in [0.05, 0.1) is 0 Å². The zero-order valence-electron chi connectivity index (χ0n) is 10.5. The molecule has 1 aromatic rings. The van der Waals surface area contributed by atoms with Crippen molar-refractivity contribution < 1.29 is 0 Å². The van der Waals surface area contributed by atoms with Gasteiger partial charge in [0, 0.05) is 6.04 Å². The Labute approximate surface area is 99.2 Å². The highest BCUT2D eigenvalue weighted by Crippen LogP contribution is 2.08. The Bertz CT molecular complexity index is 297. The Morgan fingerprint density at radius 1 is 1.31 bits per heavy atom. The Morgan fingerprint density at radius 2 is 2.06 bits per heavy atom. The summed E-state index contributed by atoms with van der Waals surface area (Å²) in [6.07, 6.45) is 3.42. The first-order valence-electron chi connectivity index (χ1n) is 6.22. The minimum atomic E-state index is 0.543. The smallest absolute Gasteiger partial charge is 0.00507 e. The van der Waals surface area contributed by atoms with Crippen molar-refractivity contribution in [1.82, 2.24) is 5.32 Å². The van der Waals surface area contributed by atoms with Crippen molar-refractivity contribution >= 4 is 0 Å². The Kier molecular flexibility index (Phi) is 6.12. The molecule has 3 N–H and O–H groups in total. The van der Waals surface area contributed by atoms with Crippen molar-refractivity contribution in [2.75, 3.05) is 13.1 Å². The quantitative estimate of drug-likeness (QED) is 0.692. The molecule has 1 aromatic carbocycles. The van der Waals surface area contributed by atoms with Gasteiger partial charge in [0.25, 0.3) is 0 Å². The molecule has 0 spiro atoms. The van der Waals surface area contributed by atoms with Gasteiger partial charge in [-0.1, -0.05) is 24.3 Å². The molecule has 90 valence electrons. The Morgan fingerprint density at radius 3 is 2.75 bits per heavy atom. The fraction of sp³-hybridized carbons (Fsp3) is 0.571. The summed E-state index contributed by atoms with van der Waals surface area (Å²) in [5, 5.41) is 3.49. The third kappa shape index (κ3) is 4.77. The van der Waals surface area contributed by atoms with E-state index in [2.05, 4.69) is 43.4 Å². The zero-order chi connectivity index (χ0) is 11.8.